The fourth-order valence-electron chi connectivity index (χ4n) is 1.59. The molecule has 92 valence electrons. The van der Waals surface area contributed by atoms with Crippen molar-refractivity contribution in [1.82, 2.24) is 4.98 Å². The quantitative estimate of drug-likeness (QED) is 0.773. The molecule has 0 saturated carbocycles. The average Bonchev–Trinajstić information content (AvgIpc) is 2.55. The SMILES string of the molecule is CC(C)Cc1nc2ccc(C(F)(F)F)cc2s1. The third-order valence-electron chi connectivity index (χ3n) is 2.34. The minimum Gasteiger partial charge on any atom is -0.241 e. The molecular formula is C12H12F3NS. The standard InChI is InChI=1S/C12H12F3NS/c1-7(2)5-11-16-9-4-3-8(12(13,14)15)6-10(9)17-11/h3-4,6-7H,5H2,1-2H3. The molecule has 2 rings (SSSR count). The molecule has 17 heavy (non-hydrogen) atoms. The predicted molar refractivity (Wildman–Crippen MR) is 63.2 cm³/mol. The van der Waals surface area contributed by atoms with Gasteiger partial charge in [-0.05, 0) is 24.1 Å². The van der Waals surface area contributed by atoms with Crippen LogP contribution in [-0.4, -0.2) is 4.98 Å². The van der Waals surface area contributed by atoms with E-state index in [4.69, 9.17) is 0 Å². The second-order valence-corrected chi connectivity index (χ2v) is 5.50. The van der Waals surface area contributed by atoms with Gasteiger partial charge in [0.25, 0.3) is 0 Å². The number of fused-ring (bicyclic) bond motifs is 1. The van der Waals surface area contributed by atoms with Crippen LogP contribution in [0.4, 0.5) is 13.2 Å². The number of benzene rings is 1. The van der Waals surface area contributed by atoms with Gasteiger partial charge < -0.3 is 0 Å². The molecule has 0 radical (unpaired) electrons. The van der Waals surface area contributed by atoms with E-state index in [1.807, 2.05) is 0 Å². The summed E-state index contributed by atoms with van der Waals surface area (Å²) in [5.41, 5.74) is 0.0448. The summed E-state index contributed by atoms with van der Waals surface area (Å²) >= 11 is 1.34. The summed E-state index contributed by atoms with van der Waals surface area (Å²) in [6, 6.07) is 3.70. The number of rotatable bonds is 2. The van der Waals surface area contributed by atoms with Crippen LogP contribution in [0, 0.1) is 5.92 Å². The fourth-order valence-corrected chi connectivity index (χ4v) is 2.80. The van der Waals surface area contributed by atoms with E-state index in [0.717, 1.165) is 17.5 Å². The molecule has 1 aromatic heterocycles. The number of thiazole rings is 1. The van der Waals surface area contributed by atoms with Gasteiger partial charge in [-0.3, -0.25) is 0 Å². The third-order valence-corrected chi connectivity index (χ3v) is 3.38. The topological polar surface area (TPSA) is 12.9 Å². The maximum Gasteiger partial charge on any atom is 0.416 e. The maximum absolute atomic E-state index is 12.5. The van der Waals surface area contributed by atoms with E-state index in [-0.39, 0.29) is 0 Å². The molecule has 2 aromatic rings. The van der Waals surface area contributed by atoms with Crippen molar-refractivity contribution in [2.24, 2.45) is 5.92 Å². The highest BCUT2D eigenvalue weighted by molar-refractivity contribution is 7.18. The molecule has 0 bridgehead atoms. The normalized spacial score (nSPS) is 12.6. The second kappa shape index (κ2) is 4.29. The Balaban J connectivity index is 2.41. The largest absolute Gasteiger partial charge is 0.416 e. The molecule has 0 aliphatic heterocycles. The predicted octanol–water partition coefficient (Wildman–Crippen LogP) is 4.51. The Kier molecular flexibility index (Phi) is 3.12. The minimum atomic E-state index is -4.28. The van der Waals surface area contributed by atoms with Crippen molar-refractivity contribution in [3.63, 3.8) is 0 Å². The Morgan fingerprint density at radius 1 is 1.29 bits per heavy atom. The molecule has 0 aliphatic rings. The summed E-state index contributed by atoms with van der Waals surface area (Å²) in [5, 5.41) is 0.898. The molecule has 0 aliphatic carbocycles. The summed E-state index contributed by atoms with van der Waals surface area (Å²) in [4.78, 5) is 4.33. The van der Waals surface area contributed by atoms with Gasteiger partial charge in [0, 0.05) is 6.42 Å². The lowest BCUT2D eigenvalue weighted by Crippen LogP contribution is -2.03. The highest BCUT2D eigenvalue weighted by atomic mass is 32.1. The van der Waals surface area contributed by atoms with Crippen molar-refractivity contribution in [3.8, 4) is 0 Å². The van der Waals surface area contributed by atoms with Gasteiger partial charge >= 0.3 is 6.18 Å². The lowest BCUT2D eigenvalue weighted by atomic mass is 10.1. The Hall–Kier alpha value is -1.10. The van der Waals surface area contributed by atoms with Gasteiger partial charge in [-0.25, -0.2) is 4.98 Å². The van der Waals surface area contributed by atoms with Crippen LogP contribution in [0.5, 0.6) is 0 Å². The van der Waals surface area contributed by atoms with Crippen molar-refractivity contribution in [2.75, 3.05) is 0 Å². The van der Waals surface area contributed by atoms with Gasteiger partial charge in [0.1, 0.15) is 0 Å². The first-order valence-corrected chi connectivity index (χ1v) is 6.14. The van der Waals surface area contributed by atoms with E-state index in [2.05, 4.69) is 18.8 Å². The van der Waals surface area contributed by atoms with Gasteiger partial charge in [-0.1, -0.05) is 13.8 Å². The zero-order valence-electron chi connectivity index (χ0n) is 9.51. The van der Waals surface area contributed by atoms with Gasteiger partial charge in [-0.2, -0.15) is 13.2 Å². The van der Waals surface area contributed by atoms with Crippen LogP contribution in [0.3, 0.4) is 0 Å². The summed E-state index contributed by atoms with van der Waals surface area (Å²) in [6.07, 6.45) is -3.48. The summed E-state index contributed by atoms with van der Waals surface area (Å²) in [7, 11) is 0. The number of hydrogen-bond acceptors (Lipinski definition) is 2. The van der Waals surface area contributed by atoms with Crippen molar-refractivity contribution in [2.45, 2.75) is 26.4 Å². The van der Waals surface area contributed by atoms with Crippen LogP contribution in [-0.2, 0) is 12.6 Å². The lowest BCUT2D eigenvalue weighted by molar-refractivity contribution is -0.137. The van der Waals surface area contributed by atoms with Crippen molar-refractivity contribution in [3.05, 3.63) is 28.8 Å². The van der Waals surface area contributed by atoms with E-state index in [1.54, 1.807) is 0 Å². The summed E-state index contributed by atoms with van der Waals surface area (Å²) < 4.78 is 38.2. The Morgan fingerprint density at radius 3 is 2.59 bits per heavy atom. The van der Waals surface area contributed by atoms with E-state index in [1.165, 1.54) is 23.5 Å². The zero-order valence-corrected chi connectivity index (χ0v) is 10.3. The molecule has 1 heterocycles. The zero-order chi connectivity index (χ0) is 12.6. The van der Waals surface area contributed by atoms with Crippen molar-refractivity contribution < 1.29 is 13.2 Å². The van der Waals surface area contributed by atoms with Crippen LogP contribution < -0.4 is 0 Å². The van der Waals surface area contributed by atoms with Crippen LogP contribution in [0.2, 0.25) is 0 Å². The molecule has 0 saturated heterocycles. The minimum absolute atomic E-state index is 0.456. The lowest BCUT2D eigenvalue weighted by Gasteiger charge is -2.04. The number of alkyl halides is 3. The number of hydrogen-bond donors (Lipinski definition) is 0. The smallest absolute Gasteiger partial charge is 0.241 e. The van der Waals surface area contributed by atoms with Crippen LogP contribution in [0.1, 0.15) is 24.4 Å². The van der Waals surface area contributed by atoms with Gasteiger partial charge in [0.15, 0.2) is 0 Å². The third kappa shape index (κ3) is 2.77. The Labute approximate surface area is 101 Å². The maximum atomic E-state index is 12.5. The van der Waals surface area contributed by atoms with E-state index in [0.29, 0.717) is 16.1 Å². The Bertz CT molecular complexity index is 528. The van der Waals surface area contributed by atoms with Gasteiger partial charge in [-0.15, -0.1) is 11.3 Å². The number of halogens is 3. The molecule has 0 amide bonds. The molecule has 0 fully saturated rings. The van der Waals surface area contributed by atoms with Crippen molar-refractivity contribution in [1.29, 1.82) is 0 Å². The molecule has 1 aromatic carbocycles. The van der Waals surface area contributed by atoms with Crippen LogP contribution in [0.25, 0.3) is 10.2 Å². The second-order valence-electron chi connectivity index (χ2n) is 4.39. The fraction of sp³-hybridized carbons (Fsp3) is 0.417. The molecular weight excluding hydrogens is 247 g/mol. The number of nitrogens with zero attached hydrogens (tertiary/aromatic N) is 1. The molecule has 0 unspecified atom stereocenters. The molecule has 0 N–H and O–H groups in total. The highest BCUT2D eigenvalue weighted by Gasteiger charge is 2.30. The highest BCUT2D eigenvalue weighted by Crippen LogP contribution is 2.33. The molecule has 5 heteroatoms. The van der Waals surface area contributed by atoms with Crippen molar-refractivity contribution >= 4 is 21.6 Å². The van der Waals surface area contributed by atoms with Crippen LogP contribution >= 0.6 is 11.3 Å². The molecule has 1 nitrogen and oxygen atoms in total. The first kappa shape index (κ1) is 12.4. The van der Waals surface area contributed by atoms with E-state index >= 15 is 0 Å². The summed E-state index contributed by atoms with van der Waals surface area (Å²) in [6.45, 7) is 4.13. The van der Waals surface area contributed by atoms with E-state index < -0.39 is 11.7 Å². The average molecular weight is 259 g/mol. The monoisotopic (exact) mass is 259 g/mol. The Morgan fingerprint density at radius 2 is 2.00 bits per heavy atom. The van der Waals surface area contributed by atoms with Gasteiger partial charge in [0.2, 0.25) is 0 Å². The van der Waals surface area contributed by atoms with Gasteiger partial charge in [0.05, 0.1) is 20.8 Å². The van der Waals surface area contributed by atoms with Crippen LogP contribution in [0.15, 0.2) is 18.2 Å². The summed E-state index contributed by atoms with van der Waals surface area (Å²) in [5.74, 6) is 0.456. The molecule has 0 atom stereocenters. The number of aromatic nitrogens is 1. The molecule has 0 spiro atoms. The first-order valence-electron chi connectivity index (χ1n) is 5.33. The van der Waals surface area contributed by atoms with E-state index in [9.17, 15) is 13.2 Å². The first-order chi connectivity index (χ1) is 7.86.